The van der Waals surface area contributed by atoms with E-state index in [-0.39, 0.29) is 17.9 Å². The second kappa shape index (κ2) is 5.60. The summed E-state index contributed by atoms with van der Waals surface area (Å²) in [7, 11) is 1.48. The summed E-state index contributed by atoms with van der Waals surface area (Å²) in [6, 6.07) is 4.98. The van der Waals surface area contributed by atoms with Gasteiger partial charge in [0.25, 0.3) is 5.91 Å². The van der Waals surface area contributed by atoms with Gasteiger partial charge in [-0.3, -0.25) is 9.59 Å². The number of methoxy groups -OCH3 is 1. The van der Waals surface area contributed by atoms with Crippen LogP contribution >= 0.6 is 0 Å². The Morgan fingerprint density at radius 3 is 2.95 bits per heavy atom. The Bertz CT molecular complexity index is 492. The second-order valence-corrected chi connectivity index (χ2v) is 4.44. The van der Waals surface area contributed by atoms with Gasteiger partial charge in [0.1, 0.15) is 0 Å². The molecule has 0 aliphatic carbocycles. The van der Waals surface area contributed by atoms with Crippen molar-refractivity contribution < 1.29 is 14.3 Å². The van der Waals surface area contributed by atoms with Crippen molar-refractivity contribution in [1.29, 1.82) is 0 Å². The molecule has 102 valence electrons. The van der Waals surface area contributed by atoms with Gasteiger partial charge in [-0.1, -0.05) is 6.07 Å². The van der Waals surface area contributed by atoms with Crippen LogP contribution in [0.4, 0.5) is 5.69 Å². The van der Waals surface area contributed by atoms with Crippen LogP contribution < -0.4 is 21.1 Å². The Hall–Kier alpha value is -2.24. The minimum absolute atomic E-state index is 0.0204. The summed E-state index contributed by atoms with van der Waals surface area (Å²) in [5.41, 5.74) is 6.58. The van der Waals surface area contributed by atoms with Crippen LogP contribution in [0.5, 0.6) is 5.75 Å². The zero-order chi connectivity index (χ0) is 13.8. The lowest BCUT2D eigenvalue weighted by molar-refractivity contribution is -0.122. The van der Waals surface area contributed by atoms with Gasteiger partial charge < -0.3 is 21.1 Å². The third kappa shape index (κ3) is 2.96. The molecule has 1 atom stereocenters. The number of rotatable bonds is 3. The fourth-order valence-corrected chi connectivity index (χ4v) is 2.08. The van der Waals surface area contributed by atoms with Gasteiger partial charge in [-0.2, -0.15) is 0 Å². The lowest BCUT2D eigenvalue weighted by Gasteiger charge is -2.23. The van der Waals surface area contributed by atoms with Gasteiger partial charge in [0.15, 0.2) is 5.75 Å². The van der Waals surface area contributed by atoms with Crippen LogP contribution in [-0.2, 0) is 4.79 Å². The number of benzene rings is 1. The van der Waals surface area contributed by atoms with Crippen molar-refractivity contribution in [3.05, 3.63) is 23.8 Å². The SMILES string of the molecule is COc1c(N)cccc1C(=O)NC1CCC(=O)NC1. The number of nitrogens with two attached hydrogens (primary N) is 1. The number of ether oxygens (including phenoxy) is 1. The average molecular weight is 263 g/mol. The lowest BCUT2D eigenvalue weighted by atomic mass is 10.1. The predicted octanol–water partition coefficient (Wildman–Crippen LogP) is 0.286. The van der Waals surface area contributed by atoms with E-state index in [1.165, 1.54) is 7.11 Å². The lowest BCUT2D eigenvalue weighted by Crippen LogP contribution is -2.47. The van der Waals surface area contributed by atoms with E-state index >= 15 is 0 Å². The van der Waals surface area contributed by atoms with E-state index in [1.807, 2.05) is 0 Å². The molecule has 0 spiro atoms. The van der Waals surface area contributed by atoms with Gasteiger partial charge >= 0.3 is 0 Å². The zero-order valence-electron chi connectivity index (χ0n) is 10.7. The Balaban J connectivity index is 2.08. The fraction of sp³-hybridized carbons (Fsp3) is 0.385. The van der Waals surface area contributed by atoms with Crippen molar-refractivity contribution in [1.82, 2.24) is 10.6 Å². The summed E-state index contributed by atoms with van der Waals surface area (Å²) in [5.74, 6) is 0.150. The highest BCUT2D eigenvalue weighted by Gasteiger charge is 2.22. The molecule has 1 saturated heterocycles. The molecule has 6 nitrogen and oxygen atoms in total. The number of hydrogen-bond donors (Lipinski definition) is 3. The Labute approximate surface area is 111 Å². The maximum atomic E-state index is 12.2. The highest BCUT2D eigenvalue weighted by molar-refractivity contribution is 5.98. The molecule has 0 aromatic heterocycles. The van der Waals surface area contributed by atoms with Crippen molar-refractivity contribution in [2.75, 3.05) is 19.4 Å². The first-order valence-electron chi connectivity index (χ1n) is 6.12. The molecule has 19 heavy (non-hydrogen) atoms. The first-order chi connectivity index (χ1) is 9.11. The molecule has 1 aliphatic heterocycles. The molecule has 1 aromatic rings. The van der Waals surface area contributed by atoms with Crippen molar-refractivity contribution >= 4 is 17.5 Å². The van der Waals surface area contributed by atoms with E-state index in [2.05, 4.69) is 10.6 Å². The van der Waals surface area contributed by atoms with Crippen molar-refractivity contribution in [2.45, 2.75) is 18.9 Å². The molecule has 0 bridgehead atoms. The topological polar surface area (TPSA) is 93.4 Å². The first kappa shape index (κ1) is 13.2. The molecule has 6 heteroatoms. The normalized spacial score (nSPS) is 18.6. The zero-order valence-corrected chi connectivity index (χ0v) is 10.7. The minimum atomic E-state index is -0.245. The van der Waals surface area contributed by atoms with E-state index in [0.717, 1.165) is 0 Å². The molecule has 2 amide bonds. The Morgan fingerprint density at radius 2 is 2.32 bits per heavy atom. The monoisotopic (exact) mass is 263 g/mol. The number of amides is 2. The summed E-state index contributed by atoms with van der Waals surface area (Å²) < 4.78 is 5.15. The Morgan fingerprint density at radius 1 is 1.53 bits per heavy atom. The number of anilines is 1. The third-order valence-electron chi connectivity index (χ3n) is 3.09. The van der Waals surface area contributed by atoms with Crippen LogP contribution in [0.2, 0.25) is 0 Å². The molecule has 1 aliphatic rings. The summed E-state index contributed by atoms with van der Waals surface area (Å²) >= 11 is 0. The minimum Gasteiger partial charge on any atom is -0.494 e. The number of nitrogens with one attached hydrogen (secondary N) is 2. The summed E-state index contributed by atoms with van der Waals surface area (Å²) in [5, 5.41) is 5.59. The van der Waals surface area contributed by atoms with Crippen molar-refractivity contribution in [3.63, 3.8) is 0 Å². The number of piperidine rings is 1. The number of carbonyl (C=O) groups excluding carboxylic acids is 2. The van der Waals surface area contributed by atoms with Gasteiger partial charge in [0.05, 0.1) is 18.4 Å². The molecule has 1 heterocycles. The fourth-order valence-electron chi connectivity index (χ4n) is 2.08. The highest BCUT2D eigenvalue weighted by atomic mass is 16.5. The average Bonchev–Trinajstić information content (AvgIpc) is 2.41. The number of carbonyl (C=O) groups is 2. The van der Waals surface area contributed by atoms with E-state index in [9.17, 15) is 9.59 Å². The van der Waals surface area contributed by atoms with Gasteiger partial charge in [0.2, 0.25) is 5.91 Å². The molecule has 1 fully saturated rings. The van der Waals surface area contributed by atoms with Crippen LogP contribution in [0, 0.1) is 0 Å². The van der Waals surface area contributed by atoms with Crippen LogP contribution in [0.25, 0.3) is 0 Å². The van der Waals surface area contributed by atoms with E-state index in [0.29, 0.717) is 36.4 Å². The standard InChI is InChI=1S/C13H17N3O3/c1-19-12-9(3-2-4-10(12)14)13(18)16-8-5-6-11(17)15-7-8/h2-4,8H,5-7,14H2,1H3,(H,15,17)(H,16,18). The largest absolute Gasteiger partial charge is 0.494 e. The summed E-state index contributed by atoms with van der Waals surface area (Å²) in [4.78, 5) is 23.2. The molecule has 2 rings (SSSR count). The third-order valence-corrected chi connectivity index (χ3v) is 3.09. The van der Waals surface area contributed by atoms with Gasteiger partial charge in [0, 0.05) is 19.0 Å². The Kier molecular flexibility index (Phi) is 3.89. The predicted molar refractivity (Wildman–Crippen MR) is 70.9 cm³/mol. The van der Waals surface area contributed by atoms with Crippen LogP contribution in [-0.4, -0.2) is 31.5 Å². The van der Waals surface area contributed by atoms with Gasteiger partial charge in [-0.05, 0) is 18.6 Å². The number of para-hydroxylation sites is 1. The molecule has 0 saturated carbocycles. The molecule has 0 radical (unpaired) electrons. The molecule has 1 unspecified atom stereocenters. The quantitative estimate of drug-likeness (QED) is 0.683. The molecular formula is C13H17N3O3. The van der Waals surface area contributed by atoms with Crippen LogP contribution in [0.3, 0.4) is 0 Å². The van der Waals surface area contributed by atoms with Gasteiger partial charge in [-0.25, -0.2) is 0 Å². The van der Waals surface area contributed by atoms with E-state index in [1.54, 1.807) is 18.2 Å². The molecular weight excluding hydrogens is 246 g/mol. The van der Waals surface area contributed by atoms with Crippen molar-refractivity contribution in [3.8, 4) is 5.75 Å². The highest BCUT2D eigenvalue weighted by Crippen LogP contribution is 2.25. The second-order valence-electron chi connectivity index (χ2n) is 4.44. The van der Waals surface area contributed by atoms with E-state index in [4.69, 9.17) is 10.5 Å². The maximum absolute atomic E-state index is 12.2. The van der Waals surface area contributed by atoms with E-state index < -0.39 is 0 Å². The number of nitrogen functional groups attached to an aromatic ring is 1. The van der Waals surface area contributed by atoms with Crippen LogP contribution in [0.15, 0.2) is 18.2 Å². The first-order valence-corrected chi connectivity index (χ1v) is 6.12. The number of hydrogen-bond acceptors (Lipinski definition) is 4. The smallest absolute Gasteiger partial charge is 0.255 e. The maximum Gasteiger partial charge on any atom is 0.255 e. The molecule has 4 N–H and O–H groups in total. The summed E-state index contributed by atoms with van der Waals surface area (Å²) in [6.07, 6.45) is 1.07. The van der Waals surface area contributed by atoms with Crippen LogP contribution in [0.1, 0.15) is 23.2 Å². The van der Waals surface area contributed by atoms with Gasteiger partial charge in [-0.15, -0.1) is 0 Å². The summed E-state index contributed by atoms with van der Waals surface area (Å²) in [6.45, 7) is 0.454. The molecule has 1 aromatic carbocycles. The van der Waals surface area contributed by atoms with Crippen molar-refractivity contribution in [2.24, 2.45) is 0 Å².